The van der Waals surface area contributed by atoms with E-state index in [2.05, 4.69) is 10.4 Å². The van der Waals surface area contributed by atoms with Crippen LogP contribution in [0.4, 0.5) is 5.00 Å². The maximum Gasteiger partial charge on any atom is 0.341 e. The molecule has 2 aromatic heterocycles. The van der Waals surface area contributed by atoms with Gasteiger partial charge in [-0.3, -0.25) is 19.2 Å². The summed E-state index contributed by atoms with van der Waals surface area (Å²) in [5.74, 6) is -1.57. The van der Waals surface area contributed by atoms with Crippen molar-refractivity contribution in [3.63, 3.8) is 0 Å². The Morgan fingerprint density at radius 2 is 2.07 bits per heavy atom. The number of aromatic nitrogens is 2. The number of thiophene rings is 1. The van der Waals surface area contributed by atoms with E-state index in [1.165, 1.54) is 0 Å². The number of esters is 1. The zero-order valence-corrected chi connectivity index (χ0v) is 18.1. The zero-order valence-electron chi connectivity index (χ0n) is 17.3. The summed E-state index contributed by atoms with van der Waals surface area (Å²) < 4.78 is 7.07. The van der Waals surface area contributed by atoms with Gasteiger partial charge in [0, 0.05) is 24.8 Å². The summed E-state index contributed by atoms with van der Waals surface area (Å²) >= 11 is 0.976. The maximum atomic E-state index is 12.5. The molecule has 0 fully saturated rings. The molecule has 0 bridgehead atoms. The molecule has 9 nitrogen and oxygen atoms in total. The van der Waals surface area contributed by atoms with Gasteiger partial charge >= 0.3 is 5.97 Å². The topological polar surface area (TPSA) is 120 Å². The van der Waals surface area contributed by atoms with Gasteiger partial charge in [-0.15, -0.1) is 11.3 Å². The molecule has 2 heterocycles. The monoisotopic (exact) mass is 421 g/mol. The lowest BCUT2D eigenvalue weighted by Gasteiger charge is -2.15. The lowest BCUT2D eigenvalue weighted by Crippen LogP contribution is -2.30. The summed E-state index contributed by atoms with van der Waals surface area (Å²) in [5.41, 5.74) is 6.96. The van der Waals surface area contributed by atoms with E-state index >= 15 is 0 Å². The van der Waals surface area contributed by atoms with E-state index in [-0.39, 0.29) is 34.0 Å². The Morgan fingerprint density at radius 3 is 2.62 bits per heavy atom. The van der Waals surface area contributed by atoms with Crippen molar-refractivity contribution in [1.29, 1.82) is 0 Å². The number of likely N-dealkylation sites (N-methyl/N-ethyl adjacent to an activating group) is 1. The van der Waals surface area contributed by atoms with E-state index in [0.29, 0.717) is 12.1 Å². The Bertz CT molecular complexity index is 903. The Morgan fingerprint density at radius 1 is 1.38 bits per heavy atom. The van der Waals surface area contributed by atoms with Crippen LogP contribution in [0.5, 0.6) is 0 Å². The van der Waals surface area contributed by atoms with E-state index < -0.39 is 11.9 Å². The minimum absolute atomic E-state index is 0.0961. The van der Waals surface area contributed by atoms with Crippen molar-refractivity contribution < 1.29 is 19.1 Å². The Labute approximate surface area is 173 Å². The molecule has 0 aliphatic carbocycles. The van der Waals surface area contributed by atoms with Crippen LogP contribution in [0.1, 0.15) is 51.9 Å². The third-order valence-corrected chi connectivity index (χ3v) is 5.27. The number of nitrogens with zero attached hydrogens (tertiary/aromatic N) is 3. The fourth-order valence-electron chi connectivity index (χ4n) is 2.80. The molecule has 0 radical (unpaired) electrons. The molecule has 0 aliphatic heterocycles. The van der Waals surface area contributed by atoms with Gasteiger partial charge < -0.3 is 15.8 Å². The lowest BCUT2D eigenvalue weighted by atomic mass is 10.1. The van der Waals surface area contributed by atoms with Crippen molar-refractivity contribution in [2.75, 3.05) is 18.9 Å². The zero-order chi connectivity index (χ0) is 21.7. The summed E-state index contributed by atoms with van der Waals surface area (Å²) in [6, 6.07) is 0. The minimum Gasteiger partial charge on any atom is -0.459 e. The molecular formula is C19H27N5O4S. The van der Waals surface area contributed by atoms with Crippen molar-refractivity contribution in [3.05, 3.63) is 34.0 Å². The standard InChI is InChI=1S/C19H27N5O4S/c1-6-24-9-13(7-21-24)8-23(5)10-14(25)22-18-15(19(27)28-11(2)3)12(4)16(29-18)17(20)26/h7,9,11H,6,8,10H2,1-5H3,(H2,20,26)(H,22,25). The summed E-state index contributed by atoms with van der Waals surface area (Å²) in [6.07, 6.45) is 3.35. The van der Waals surface area contributed by atoms with Gasteiger partial charge in [0.25, 0.3) is 5.91 Å². The van der Waals surface area contributed by atoms with Crippen LogP contribution in [0.15, 0.2) is 12.4 Å². The van der Waals surface area contributed by atoms with Crippen molar-refractivity contribution in [2.24, 2.45) is 5.73 Å². The molecule has 29 heavy (non-hydrogen) atoms. The van der Waals surface area contributed by atoms with Crippen LogP contribution in [0, 0.1) is 6.92 Å². The molecule has 2 rings (SSSR count). The third-order valence-electron chi connectivity index (χ3n) is 4.05. The molecule has 10 heteroatoms. The van der Waals surface area contributed by atoms with E-state index in [1.54, 1.807) is 27.0 Å². The summed E-state index contributed by atoms with van der Waals surface area (Å²) in [6.45, 7) is 8.48. The summed E-state index contributed by atoms with van der Waals surface area (Å²) in [4.78, 5) is 38.7. The van der Waals surface area contributed by atoms with Gasteiger partial charge in [-0.05, 0) is 40.3 Å². The van der Waals surface area contributed by atoms with Crippen molar-refractivity contribution >= 4 is 34.1 Å². The van der Waals surface area contributed by atoms with E-state index in [1.807, 2.05) is 29.7 Å². The number of aryl methyl sites for hydroxylation is 1. The highest BCUT2D eigenvalue weighted by Gasteiger charge is 2.26. The fraction of sp³-hybridized carbons (Fsp3) is 0.474. The Balaban J connectivity index is 2.12. The lowest BCUT2D eigenvalue weighted by molar-refractivity contribution is -0.117. The van der Waals surface area contributed by atoms with Crippen LogP contribution >= 0.6 is 11.3 Å². The minimum atomic E-state index is -0.656. The normalized spacial score (nSPS) is 11.1. The number of anilines is 1. The molecule has 0 atom stereocenters. The SMILES string of the molecule is CCn1cc(CN(C)CC(=O)Nc2sc(C(N)=O)c(C)c2C(=O)OC(C)C)cn1. The number of rotatable bonds is 9. The Hall–Kier alpha value is -2.72. The van der Waals surface area contributed by atoms with Crippen LogP contribution in [0.2, 0.25) is 0 Å². The predicted octanol–water partition coefficient (Wildman–Crippen LogP) is 2.01. The number of carbonyl (C=O) groups is 3. The maximum absolute atomic E-state index is 12.5. The molecule has 0 unspecified atom stereocenters. The molecule has 0 aliphatic rings. The number of hydrogen-bond acceptors (Lipinski definition) is 7. The fourth-order valence-corrected chi connectivity index (χ4v) is 3.86. The van der Waals surface area contributed by atoms with E-state index in [9.17, 15) is 14.4 Å². The van der Waals surface area contributed by atoms with Gasteiger partial charge in [-0.25, -0.2) is 4.79 Å². The van der Waals surface area contributed by atoms with Crippen LogP contribution in [0.3, 0.4) is 0 Å². The summed E-state index contributed by atoms with van der Waals surface area (Å²) in [7, 11) is 1.81. The molecule has 0 saturated heterocycles. The quantitative estimate of drug-likeness (QED) is 0.598. The number of hydrogen-bond donors (Lipinski definition) is 2. The highest BCUT2D eigenvalue weighted by molar-refractivity contribution is 7.18. The number of ether oxygens (including phenoxy) is 1. The first-order valence-corrected chi connectivity index (χ1v) is 10.1. The van der Waals surface area contributed by atoms with Crippen LogP contribution in [0.25, 0.3) is 0 Å². The molecular weight excluding hydrogens is 394 g/mol. The number of amides is 2. The first-order valence-electron chi connectivity index (χ1n) is 9.26. The van der Waals surface area contributed by atoms with Crippen LogP contribution < -0.4 is 11.1 Å². The van der Waals surface area contributed by atoms with Gasteiger partial charge in [0.1, 0.15) is 5.00 Å². The first-order chi connectivity index (χ1) is 13.6. The van der Waals surface area contributed by atoms with Gasteiger partial charge in [-0.1, -0.05) is 0 Å². The van der Waals surface area contributed by atoms with E-state index in [0.717, 1.165) is 23.4 Å². The average Bonchev–Trinajstić information content (AvgIpc) is 3.18. The van der Waals surface area contributed by atoms with E-state index in [4.69, 9.17) is 10.5 Å². The molecule has 2 aromatic rings. The molecule has 2 amide bonds. The number of nitrogens with two attached hydrogens (primary N) is 1. The highest BCUT2D eigenvalue weighted by atomic mass is 32.1. The molecule has 158 valence electrons. The smallest absolute Gasteiger partial charge is 0.341 e. The second kappa shape index (κ2) is 9.66. The highest BCUT2D eigenvalue weighted by Crippen LogP contribution is 2.33. The number of nitrogens with one attached hydrogen (secondary N) is 1. The first kappa shape index (κ1) is 22.6. The van der Waals surface area contributed by atoms with Crippen LogP contribution in [-0.4, -0.2) is 52.2 Å². The van der Waals surface area contributed by atoms with Crippen molar-refractivity contribution in [1.82, 2.24) is 14.7 Å². The van der Waals surface area contributed by atoms with Crippen molar-refractivity contribution in [3.8, 4) is 0 Å². The third kappa shape index (κ3) is 5.88. The molecule has 0 saturated carbocycles. The second-order valence-corrected chi connectivity index (χ2v) is 8.02. The number of carbonyl (C=O) groups excluding carboxylic acids is 3. The van der Waals surface area contributed by atoms with Gasteiger partial charge in [0.05, 0.1) is 29.3 Å². The van der Waals surface area contributed by atoms with Crippen LogP contribution in [-0.2, 0) is 22.6 Å². The molecule has 0 spiro atoms. The summed E-state index contributed by atoms with van der Waals surface area (Å²) in [5, 5.41) is 7.20. The van der Waals surface area contributed by atoms with Crippen molar-refractivity contribution in [2.45, 2.75) is 46.9 Å². The predicted molar refractivity (Wildman–Crippen MR) is 111 cm³/mol. The second-order valence-electron chi connectivity index (χ2n) is 7.00. The largest absolute Gasteiger partial charge is 0.459 e. The van der Waals surface area contributed by atoms with Gasteiger partial charge in [0.15, 0.2) is 0 Å². The van der Waals surface area contributed by atoms with Gasteiger partial charge in [-0.2, -0.15) is 5.10 Å². The average molecular weight is 422 g/mol. The molecule has 3 N–H and O–H groups in total. The molecule has 0 aromatic carbocycles. The van der Waals surface area contributed by atoms with Gasteiger partial charge in [0.2, 0.25) is 5.91 Å². The Kier molecular flexibility index (Phi) is 7.52. The number of primary amides is 1.